The van der Waals surface area contributed by atoms with Crippen LogP contribution in [0.1, 0.15) is 24.1 Å². The molecule has 0 saturated heterocycles. The molecular weight excluding hydrogens is 348 g/mol. The van der Waals surface area contributed by atoms with Gasteiger partial charge in [0.25, 0.3) is 0 Å². The quantitative estimate of drug-likeness (QED) is 0.532. The lowest BCUT2D eigenvalue weighted by Crippen LogP contribution is -2.07. The van der Waals surface area contributed by atoms with Crippen molar-refractivity contribution in [2.75, 3.05) is 0 Å². The lowest BCUT2D eigenvalue weighted by Gasteiger charge is -2.13. The van der Waals surface area contributed by atoms with Gasteiger partial charge in [0.05, 0.1) is 18.0 Å². The SMILES string of the molecule is CC(c1ccc(C[SH](=O)=O)cc1)n1cc(-c2ccnc3[nH]ccc23)cn1. The molecule has 3 heterocycles. The van der Waals surface area contributed by atoms with Gasteiger partial charge >= 0.3 is 0 Å². The fourth-order valence-corrected chi connectivity index (χ4v) is 3.61. The molecule has 6 nitrogen and oxygen atoms in total. The van der Waals surface area contributed by atoms with E-state index >= 15 is 0 Å². The molecule has 132 valence electrons. The van der Waals surface area contributed by atoms with Gasteiger partial charge in [0.1, 0.15) is 16.4 Å². The minimum atomic E-state index is -2.40. The third-order valence-electron chi connectivity index (χ3n) is 4.54. The molecule has 4 aromatic rings. The van der Waals surface area contributed by atoms with Crippen molar-refractivity contribution in [1.29, 1.82) is 0 Å². The first-order valence-electron chi connectivity index (χ1n) is 8.29. The van der Waals surface area contributed by atoms with E-state index in [1.807, 2.05) is 59.7 Å². The summed E-state index contributed by atoms with van der Waals surface area (Å²) in [6.07, 6.45) is 7.55. The highest BCUT2D eigenvalue weighted by atomic mass is 32.2. The summed E-state index contributed by atoms with van der Waals surface area (Å²) in [5, 5.41) is 5.59. The molecule has 3 aromatic heterocycles. The number of pyridine rings is 1. The van der Waals surface area contributed by atoms with Crippen LogP contribution in [0.2, 0.25) is 0 Å². The average molecular weight is 366 g/mol. The van der Waals surface area contributed by atoms with E-state index in [-0.39, 0.29) is 11.8 Å². The van der Waals surface area contributed by atoms with Crippen LogP contribution >= 0.6 is 0 Å². The number of H-pyrrole nitrogens is 1. The Hall–Kier alpha value is -2.93. The van der Waals surface area contributed by atoms with E-state index in [4.69, 9.17) is 0 Å². The second kappa shape index (κ2) is 6.76. The van der Waals surface area contributed by atoms with Crippen LogP contribution in [0, 0.1) is 0 Å². The van der Waals surface area contributed by atoms with E-state index in [0.29, 0.717) is 0 Å². The van der Waals surface area contributed by atoms with E-state index < -0.39 is 10.7 Å². The fourth-order valence-electron chi connectivity index (χ4n) is 3.10. The summed E-state index contributed by atoms with van der Waals surface area (Å²) in [4.78, 5) is 7.44. The molecule has 4 rings (SSSR count). The van der Waals surface area contributed by atoms with Crippen LogP contribution in [-0.2, 0) is 16.5 Å². The number of nitrogens with zero attached hydrogens (tertiary/aromatic N) is 3. The molecule has 0 aliphatic rings. The smallest absolute Gasteiger partial charge is 0.144 e. The normalized spacial score (nSPS) is 12.7. The number of fused-ring (bicyclic) bond motifs is 1. The minimum Gasteiger partial charge on any atom is -0.346 e. The molecule has 0 fully saturated rings. The molecule has 0 aliphatic heterocycles. The van der Waals surface area contributed by atoms with Crippen LogP contribution in [0.5, 0.6) is 0 Å². The van der Waals surface area contributed by atoms with Gasteiger partial charge < -0.3 is 4.98 Å². The van der Waals surface area contributed by atoms with Crippen LogP contribution in [0.15, 0.2) is 61.2 Å². The van der Waals surface area contributed by atoms with Gasteiger partial charge in [-0.2, -0.15) is 5.10 Å². The van der Waals surface area contributed by atoms with Crippen molar-refractivity contribution < 1.29 is 8.42 Å². The number of thiol groups is 1. The summed E-state index contributed by atoms with van der Waals surface area (Å²) in [7, 11) is -2.40. The number of aromatic nitrogens is 4. The van der Waals surface area contributed by atoms with Crippen LogP contribution in [0.4, 0.5) is 0 Å². The minimum absolute atomic E-state index is 0.0439. The van der Waals surface area contributed by atoms with Crippen molar-refractivity contribution in [3.8, 4) is 11.1 Å². The lowest BCUT2D eigenvalue weighted by molar-refractivity contribution is 0.564. The van der Waals surface area contributed by atoms with Gasteiger partial charge in [0, 0.05) is 29.5 Å². The van der Waals surface area contributed by atoms with Gasteiger partial charge in [-0.25, -0.2) is 13.4 Å². The number of aromatic amines is 1. The number of hydrogen-bond donors (Lipinski definition) is 2. The molecule has 0 spiro atoms. The maximum atomic E-state index is 10.8. The molecule has 0 amide bonds. The van der Waals surface area contributed by atoms with Gasteiger partial charge in [0.15, 0.2) is 0 Å². The van der Waals surface area contributed by atoms with Crippen LogP contribution in [0.3, 0.4) is 0 Å². The fraction of sp³-hybridized carbons (Fsp3) is 0.158. The predicted octanol–water partition coefficient (Wildman–Crippen LogP) is 3.15. The number of nitrogens with one attached hydrogen (secondary N) is 1. The highest BCUT2D eigenvalue weighted by Gasteiger charge is 2.12. The Morgan fingerprint density at radius 3 is 2.73 bits per heavy atom. The molecule has 1 atom stereocenters. The molecule has 7 heteroatoms. The van der Waals surface area contributed by atoms with Crippen LogP contribution in [0.25, 0.3) is 22.2 Å². The van der Waals surface area contributed by atoms with Crippen molar-refractivity contribution in [1.82, 2.24) is 19.7 Å². The van der Waals surface area contributed by atoms with Gasteiger partial charge in [-0.3, -0.25) is 4.68 Å². The Morgan fingerprint density at radius 1 is 1.15 bits per heavy atom. The highest BCUT2D eigenvalue weighted by Crippen LogP contribution is 2.28. The summed E-state index contributed by atoms with van der Waals surface area (Å²) in [5.74, 6) is 0.0740. The Kier molecular flexibility index (Phi) is 4.30. The zero-order chi connectivity index (χ0) is 18.1. The first-order chi connectivity index (χ1) is 12.6. The number of benzene rings is 1. The van der Waals surface area contributed by atoms with Gasteiger partial charge in [-0.05, 0) is 35.7 Å². The second-order valence-electron chi connectivity index (χ2n) is 6.22. The molecular formula is C19H18N4O2S. The molecule has 1 aromatic carbocycles. The zero-order valence-electron chi connectivity index (χ0n) is 14.2. The molecule has 0 aliphatic carbocycles. The molecule has 1 N–H and O–H groups in total. The average Bonchev–Trinajstić information content (AvgIpc) is 3.30. The summed E-state index contributed by atoms with van der Waals surface area (Å²) in [5.41, 5.74) is 4.85. The van der Waals surface area contributed by atoms with Gasteiger partial charge in [0.2, 0.25) is 0 Å². The summed E-state index contributed by atoms with van der Waals surface area (Å²) in [6, 6.07) is 11.7. The van der Waals surface area contributed by atoms with E-state index in [1.54, 1.807) is 6.20 Å². The second-order valence-corrected chi connectivity index (χ2v) is 7.20. The summed E-state index contributed by atoms with van der Waals surface area (Å²) < 4.78 is 23.6. The number of rotatable bonds is 5. The number of hydrogen-bond acceptors (Lipinski definition) is 4. The first kappa shape index (κ1) is 16.5. The van der Waals surface area contributed by atoms with Crippen LogP contribution in [-0.4, -0.2) is 28.2 Å². The molecule has 0 bridgehead atoms. The van der Waals surface area contributed by atoms with Crippen molar-refractivity contribution in [3.63, 3.8) is 0 Å². The maximum Gasteiger partial charge on any atom is 0.144 e. The molecule has 1 unspecified atom stereocenters. The largest absolute Gasteiger partial charge is 0.346 e. The summed E-state index contributed by atoms with van der Waals surface area (Å²) >= 11 is 0. The third kappa shape index (κ3) is 3.13. The van der Waals surface area contributed by atoms with Gasteiger partial charge in [-0.15, -0.1) is 0 Å². The Morgan fingerprint density at radius 2 is 1.96 bits per heavy atom. The van der Waals surface area contributed by atoms with Crippen molar-refractivity contribution >= 4 is 21.7 Å². The topological polar surface area (TPSA) is 80.6 Å². The third-order valence-corrected chi connectivity index (χ3v) is 5.17. The Bertz CT molecular complexity index is 1120. The standard InChI is InChI=1S/C19H18N4O2S/c1-13(15-4-2-14(3-5-15)12-26(24)25)23-11-16(10-22-23)17-6-8-20-19-18(17)7-9-21-19/h2-11,13,26H,12H2,1H3,(H,20,21). The molecule has 0 saturated carbocycles. The first-order valence-corrected chi connectivity index (χ1v) is 9.65. The lowest BCUT2D eigenvalue weighted by atomic mass is 10.1. The Labute approximate surface area is 152 Å². The Balaban J connectivity index is 1.62. The van der Waals surface area contributed by atoms with E-state index in [1.165, 1.54) is 0 Å². The molecule has 26 heavy (non-hydrogen) atoms. The predicted molar refractivity (Wildman–Crippen MR) is 102 cm³/mol. The van der Waals surface area contributed by atoms with Crippen molar-refractivity contribution in [2.45, 2.75) is 18.7 Å². The monoisotopic (exact) mass is 366 g/mol. The molecule has 0 radical (unpaired) electrons. The van der Waals surface area contributed by atoms with E-state index in [0.717, 1.165) is 33.3 Å². The highest BCUT2D eigenvalue weighted by molar-refractivity contribution is 7.71. The van der Waals surface area contributed by atoms with Crippen molar-refractivity contribution in [3.05, 3.63) is 72.3 Å². The van der Waals surface area contributed by atoms with Crippen LogP contribution < -0.4 is 0 Å². The van der Waals surface area contributed by atoms with E-state index in [9.17, 15) is 8.42 Å². The maximum absolute atomic E-state index is 10.8. The zero-order valence-corrected chi connectivity index (χ0v) is 15.1. The van der Waals surface area contributed by atoms with E-state index in [2.05, 4.69) is 22.0 Å². The summed E-state index contributed by atoms with van der Waals surface area (Å²) in [6.45, 7) is 2.07. The van der Waals surface area contributed by atoms with Crippen molar-refractivity contribution in [2.24, 2.45) is 0 Å². The van der Waals surface area contributed by atoms with Gasteiger partial charge in [-0.1, -0.05) is 24.3 Å².